The Morgan fingerprint density at radius 2 is 0.585 bits per heavy atom. The lowest BCUT2D eigenvalue weighted by atomic mass is 9.93. The molecule has 5 heterocycles. The van der Waals surface area contributed by atoms with E-state index in [0.717, 1.165) is 73.1 Å². The molecule has 2 saturated carbocycles. The van der Waals surface area contributed by atoms with Crippen molar-refractivity contribution in [2.75, 3.05) is 56.0 Å². The molecule has 7 aliphatic rings. The van der Waals surface area contributed by atoms with Crippen LogP contribution in [0.2, 0.25) is 0 Å². The van der Waals surface area contributed by atoms with E-state index < -0.39 is 0 Å². The highest BCUT2D eigenvalue weighted by molar-refractivity contribution is 6.00. The number of aryl methyl sites for hydroxylation is 5. The standard InChI is InChI=1S/C34H27N3.C22H25N3.C21H23N3.C19H21N3.C18H16N4/c1-24-20-21-26(23-35)22-33(24)36-25(2)37(32-19-10-9-18-31(32)36)34-29(27-12-5-3-6-13-27)16-11-17-30(34)28-14-7-4-8-15-28;1-16-14-18(15-23)12-13-20(16)25-17(2)24(19-8-4-3-5-9-19)21-10-6-7-11-22(21)25;1-15-13-17(14-22)11-12-19(15)24-16(2)23(18-7-3-4-8-18)20-9-5-6-10-21(20)24;1-13(2)21-15(4)22(19-8-6-5-7-18(19)21)17-10-9-16(12-20)11-14(17)3;1-12-8-14(10-19)15(11-20)9-18(12)22-13(2)21(3)16-6-4-5-7-17(16)22/h3-22,25H,1-2H3;6-7,10-14,17,19H,3-5,8-9H2,1-2H3;5-6,9-13,16,18H,3-4,7-8H2,1-2H3;5-11,13,15H,1-4H3;4-9,13H,1-3H3/t25-;17-;16-;15-;13-/m01111/s1. The quantitative estimate of drug-likeness (QED) is 0.119. The number of fused-ring (bicyclic) bond motifs is 5. The predicted molar refractivity (Wildman–Crippen MR) is 534 cm³/mol. The van der Waals surface area contributed by atoms with Crippen LogP contribution in [0.25, 0.3) is 22.3 Å². The van der Waals surface area contributed by atoms with Crippen LogP contribution in [0, 0.1) is 103 Å². The number of rotatable bonds is 11. The van der Waals surface area contributed by atoms with E-state index in [4.69, 9.17) is 21.0 Å². The van der Waals surface area contributed by atoms with E-state index in [1.165, 1.54) is 137 Å². The molecule has 0 N–H and O–H groups in total. The van der Waals surface area contributed by atoms with Crippen LogP contribution in [-0.4, -0.2) is 56.0 Å². The Labute approximate surface area is 768 Å². The first-order chi connectivity index (χ1) is 63.2. The van der Waals surface area contributed by atoms with Gasteiger partial charge in [0, 0.05) is 64.7 Å². The lowest BCUT2D eigenvalue weighted by molar-refractivity contribution is 0.400. The Balaban J connectivity index is 0.000000121. The van der Waals surface area contributed by atoms with Crippen LogP contribution in [0.15, 0.2) is 285 Å². The van der Waals surface area contributed by atoms with Crippen molar-refractivity contribution in [3.63, 3.8) is 0 Å². The molecule has 0 bridgehead atoms. The Bertz CT molecular complexity index is 6540. The predicted octanol–water partition coefficient (Wildman–Crippen LogP) is 27.7. The lowest BCUT2D eigenvalue weighted by Crippen LogP contribution is -2.45. The van der Waals surface area contributed by atoms with Crippen LogP contribution in [0.4, 0.5) is 91.0 Å². The maximum Gasteiger partial charge on any atom is 0.108 e. The molecule has 16 heteroatoms. The van der Waals surface area contributed by atoms with E-state index in [2.05, 4.69) is 375 Å². The average molecular weight is 1710 g/mol. The number of para-hydroxylation sites is 11. The van der Waals surface area contributed by atoms with Crippen LogP contribution < -0.4 is 49.0 Å². The van der Waals surface area contributed by atoms with Crippen molar-refractivity contribution < 1.29 is 0 Å². The summed E-state index contributed by atoms with van der Waals surface area (Å²) in [5, 5.41) is 55.5. The molecule has 5 aliphatic heterocycles. The molecule has 0 aromatic heterocycles. The van der Waals surface area contributed by atoms with Crippen molar-refractivity contribution in [2.45, 2.75) is 190 Å². The fourth-order valence-corrected chi connectivity index (χ4v) is 21.0. The summed E-state index contributed by atoms with van der Waals surface area (Å²) in [6.45, 7) is 26.0. The number of benzene rings is 13. The van der Waals surface area contributed by atoms with E-state index in [-0.39, 0.29) is 18.5 Å². The van der Waals surface area contributed by atoms with Gasteiger partial charge in [-0.25, -0.2) is 0 Å². The molecule has 0 saturated heterocycles. The first-order valence-electron chi connectivity index (χ1n) is 45.7. The molecule has 20 rings (SSSR count). The molecule has 0 spiro atoms. The van der Waals surface area contributed by atoms with Crippen molar-refractivity contribution in [3.05, 3.63) is 346 Å². The van der Waals surface area contributed by atoms with E-state index in [0.29, 0.717) is 52.7 Å². The van der Waals surface area contributed by atoms with E-state index in [1.54, 1.807) is 6.07 Å². The van der Waals surface area contributed by atoms with Crippen molar-refractivity contribution in [2.24, 2.45) is 0 Å². The van der Waals surface area contributed by atoms with Gasteiger partial charge in [0.05, 0.1) is 120 Å². The van der Waals surface area contributed by atoms with Gasteiger partial charge >= 0.3 is 0 Å². The Morgan fingerprint density at radius 3 is 1.01 bits per heavy atom. The molecule has 13 aromatic carbocycles. The molecule has 2 aliphatic carbocycles. The second-order valence-electron chi connectivity index (χ2n) is 35.3. The smallest absolute Gasteiger partial charge is 0.108 e. The van der Waals surface area contributed by atoms with Gasteiger partial charge in [-0.05, 0) is 287 Å². The zero-order chi connectivity index (χ0) is 91.1. The number of hydrogen-bond acceptors (Lipinski definition) is 16. The van der Waals surface area contributed by atoms with Crippen LogP contribution in [0.3, 0.4) is 0 Å². The highest BCUT2D eigenvalue weighted by Crippen LogP contribution is 2.56. The molecular formula is C114H112N16. The van der Waals surface area contributed by atoms with E-state index in [9.17, 15) is 10.5 Å². The molecule has 16 nitrogen and oxygen atoms in total. The molecule has 0 unspecified atom stereocenters. The van der Waals surface area contributed by atoms with Crippen LogP contribution >= 0.6 is 0 Å². The Hall–Kier alpha value is -15.2. The van der Waals surface area contributed by atoms with E-state index in [1.807, 2.05) is 79.7 Å². The molecular weight excluding hydrogens is 1590 g/mol. The summed E-state index contributed by atoms with van der Waals surface area (Å²) in [4.78, 5) is 24.2. The maximum absolute atomic E-state index is 9.63. The fourth-order valence-electron chi connectivity index (χ4n) is 21.0. The van der Waals surface area contributed by atoms with Crippen LogP contribution in [0.5, 0.6) is 0 Å². The fraction of sp³-hybridized carbons (Fsp3) is 0.263. The minimum absolute atomic E-state index is 0.0163. The van der Waals surface area contributed by atoms with E-state index >= 15 is 0 Å². The number of nitrogens with zero attached hydrogens (tertiary/aromatic N) is 16. The zero-order valence-electron chi connectivity index (χ0n) is 76.8. The molecule has 130 heavy (non-hydrogen) atoms. The van der Waals surface area contributed by atoms with Crippen molar-refractivity contribution >= 4 is 91.0 Å². The van der Waals surface area contributed by atoms with Gasteiger partial charge in [0.1, 0.15) is 43.0 Å². The van der Waals surface area contributed by atoms with Crippen molar-refractivity contribution in [1.82, 2.24) is 0 Å². The molecule has 13 aromatic rings. The lowest BCUT2D eigenvalue weighted by Gasteiger charge is -2.38. The molecule has 5 atom stereocenters. The Kier molecular flexibility index (Phi) is 26.2. The maximum atomic E-state index is 9.63. The number of hydrogen-bond donors (Lipinski definition) is 0. The summed E-state index contributed by atoms with van der Waals surface area (Å²) in [7, 11) is 2.06. The summed E-state index contributed by atoms with van der Waals surface area (Å²) >= 11 is 0. The highest BCUT2D eigenvalue weighted by Gasteiger charge is 2.43. The largest absolute Gasteiger partial charge is 0.353 e. The van der Waals surface area contributed by atoms with Gasteiger partial charge in [-0.1, -0.05) is 178 Å². The number of nitriles is 6. The first kappa shape index (κ1) is 88.2. The molecule has 648 valence electrons. The summed E-state index contributed by atoms with van der Waals surface area (Å²) < 4.78 is 0. The van der Waals surface area contributed by atoms with Crippen molar-refractivity contribution in [3.8, 4) is 58.7 Å². The summed E-state index contributed by atoms with van der Waals surface area (Å²) in [6, 6.07) is 113. The molecule has 0 radical (unpaired) electrons. The van der Waals surface area contributed by atoms with Crippen molar-refractivity contribution in [1.29, 1.82) is 31.6 Å². The monoisotopic (exact) mass is 1700 g/mol. The van der Waals surface area contributed by atoms with Gasteiger partial charge in [0.15, 0.2) is 0 Å². The van der Waals surface area contributed by atoms with Gasteiger partial charge in [-0.3, -0.25) is 0 Å². The summed E-state index contributed by atoms with van der Waals surface area (Å²) in [5.74, 6) is 0. The SMILES string of the molecule is Cc1cc(C#N)c(C#N)cc1N1c2ccccc2N(C)[C@H]1C.Cc1cc(C#N)ccc1N1c2ccccc2N(C(C)C)[C@H]1C.Cc1cc(C#N)ccc1N1c2ccccc2N(C2CCCC2)[C@H]1C.Cc1cc(C#N)ccc1N1c2ccccc2N(C2CCCCC2)[C@H]1C.Cc1ccc(C#N)cc1N1c2ccccc2N(c2c(-c3ccccc3)cccc2-c2ccccc2)[C@H]1C. The van der Waals surface area contributed by atoms with Gasteiger partial charge < -0.3 is 49.0 Å². The van der Waals surface area contributed by atoms with Gasteiger partial charge in [-0.2, -0.15) is 31.6 Å². The average Bonchev–Trinajstić information content (AvgIpc) is 1.58. The van der Waals surface area contributed by atoms with Gasteiger partial charge in [0.25, 0.3) is 0 Å². The van der Waals surface area contributed by atoms with Gasteiger partial charge in [-0.15, -0.1) is 0 Å². The second kappa shape index (κ2) is 38.6. The second-order valence-corrected chi connectivity index (χ2v) is 35.3. The number of anilines is 16. The molecule has 0 amide bonds. The third-order valence-electron chi connectivity index (χ3n) is 27.1. The van der Waals surface area contributed by atoms with Crippen LogP contribution in [-0.2, 0) is 0 Å². The zero-order valence-corrected chi connectivity index (χ0v) is 76.8. The first-order valence-corrected chi connectivity index (χ1v) is 45.7. The third-order valence-corrected chi connectivity index (χ3v) is 27.1. The van der Waals surface area contributed by atoms with Gasteiger partial charge in [0.2, 0.25) is 0 Å². The van der Waals surface area contributed by atoms with Crippen LogP contribution in [0.1, 0.15) is 167 Å². The summed E-state index contributed by atoms with van der Waals surface area (Å²) in [6.07, 6.45) is 12.9. The summed E-state index contributed by atoms with van der Waals surface area (Å²) in [5.41, 5.74) is 33.1. The molecule has 2 fully saturated rings. The normalized spacial score (nSPS) is 17.3. The minimum Gasteiger partial charge on any atom is -0.353 e. The topological polar surface area (TPSA) is 175 Å². The highest BCUT2D eigenvalue weighted by atomic mass is 15.5. The third kappa shape index (κ3) is 16.9. The Morgan fingerprint density at radius 1 is 0.262 bits per heavy atom. The minimum atomic E-state index is -0.0163.